The summed E-state index contributed by atoms with van der Waals surface area (Å²) in [7, 11) is 0. The van der Waals surface area contributed by atoms with Crippen molar-refractivity contribution < 1.29 is 13.2 Å². The normalized spacial score (nSPS) is 11.7. The first-order valence-electron chi connectivity index (χ1n) is 3.99. The molecule has 0 radical (unpaired) electrons. The highest BCUT2D eigenvalue weighted by molar-refractivity contribution is 5.51. The Hall–Kier alpha value is -1.92. The first-order chi connectivity index (χ1) is 7.07. The highest BCUT2D eigenvalue weighted by Gasteiger charge is 2.33. The lowest BCUT2D eigenvalue weighted by Crippen LogP contribution is -2.09. The van der Waals surface area contributed by atoms with E-state index in [9.17, 15) is 13.2 Å². The van der Waals surface area contributed by atoms with Crippen molar-refractivity contribution in [2.24, 2.45) is 5.10 Å². The second kappa shape index (κ2) is 3.34. The van der Waals surface area contributed by atoms with Crippen LogP contribution in [0.15, 0.2) is 29.4 Å². The Morgan fingerprint density at radius 3 is 2.40 bits per heavy atom. The summed E-state index contributed by atoms with van der Waals surface area (Å²) in [6.45, 7) is 0. The molecule has 0 unspecified atom stereocenters. The van der Waals surface area contributed by atoms with Gasteiger partial charge in [0, 0.05) is 0 Å². The second-order valence-corrected chi connectivity index (χ2v) is 2.77. The number of hydrogen-bond acceptors (Lipinski definition) is 4. The van der Waals surface area contributed by atoms with Crippen LogP contribution in [0, 0.1) is 0 Å². The number of nitrogens with one attached hydrogen (secondary N) is 1. The molecule has 0 fully saturated rings. The van der Waals surface area contributed by atoms with Gasteiger partial charge in [0.1, 0.15) is 0 Å². The molecule has 1 aromatic carbocycles. The van der Waals surface area contributed by atoms with E-state index in [0.29, 0.717) is 0 Å². The number of rotatable bonds is 2. The molecule has 0 saturated carbocycles. The van der Waals surface area contributed by atoms with Crippen LogP contribution in [0.4, 0.5) is 18.9 Å². The average molecular weight is 214 g/mol. The molecule has 15 heavy (non-hydrogen) atoms. The second-order valence-electron chi connectivity index (χ2n) is 2.77. The smallest absolute Gasteiger partial charge is 0.274 e. The van der Waals surface area contributed by atoms with Crippen LogP contribution in [0.5, 0.6) is 0 Å². The Labute approximate surface area is 82.1 Å². The molecule has 0 bridgehead atoms. The molecular weight excluding hydrogens is 209 g/mol. The van der Waals surface area contributed by atoms with Gasteiger partial charge in [-0.15, -0.1) is 15.3 Å². The van der Waals surface area contributed by atoms with Crippen LogP contribution in [0.2, 0.25) is 0 Å². The molecule has 78 valence electrons. The van der Waals surface area contributed by atoms with Gasteiger partial charge in [0.2, 0.25) is 0 Å². The fourth-order valence-corrected chi connectivity index (χ4v) is 1.01. The molecule has 0 aliphatic heterocycles. The largest absolute Gasteiger partial charge is 0.418 e. The highest BCUT2D eigenvalue weighted by Crippen LogP contribution is 2.34. The van der Waals surface area contributed by atoms with Crippen LogP contribution >= 0.6 is 0 Å². The summed E-state index contributed by atoms with van der Waals surface area (Å²) in [5.41, 5.74) is 1.54. The van der Waals surface area contributed by atoms with Crippen molar-refractivity contribution in [1.29, 1.82) is 0 Å². The van der Waals surface area contributed by atoms with E-state index in [2.05, 4.69) is 20.7 Å². The van der Waals surface area contributed by atoms with E-state index >= 15 is 0 Å². The van der Waals surface area contributed by atoms with Crippen LogP contribution < -0.4 is 11.0 Å². The van der Waals surface area contributed by atoms with E-state index in [4.69, 9.17) is 0 Å². The van der Waals surface area contributed by atoms with Gasteiger partial charge < -0.3 is 0 Å². The summed E-state index contributed by atoms with van der Waals surface area (Å²) in [5, 5.41) is 10.2. The van der Waals surface area contributed by atoms with Crippen molar-refractivity contribution in [2.45, 2.75) is 6.18 Å². The fraction of sp³-hybridized carbons (Fsp3) is 0.125. The number of nitrogens with zero attached hydrogens (tertiary/aromatic N) is 3. The molecule has 2 rings (SSSR count). The summed E-state index contributed by atoms with van der Waals surface area (Å²) in [6, 6.07) is 5.06. The minimum atomic E-state index is -4.40. The third-order valence-corrected chi connectivity index (χ3v) is 1.70. The summed E-state index contributed by atoms with van der Waals surface area (Å²) in [5.74, 6) is 0. The van der Waals surface area contributed by atoms with Gasteiger partial charge in [-0.2, -0.15) is 13.2 Å². The zero-order chi connectivity index (χ0) is 10.9. The number of alkyl halides is 3. The molecule has 0 amide bonds. The Kier molecular flexibility index (Phi) is 2.14. The van der Waals surface area contributed by atoms with Crippen LogP contribution in [0.1, 0.15) is 5.56 Å². The molecule has 1 aromatic heterocycles. The highest BCUT2D eigenvalue weighted by atomic mass is 19.4. The lowest BCUT2D eigenvalue weighted by Gasteiger charge is -2.10. The maximum Gasteiger partial charge on any atom is 0.418 e. The van der Waals surface area contributed by atoms with Crippen LogP contribution in [0.25, 0.3) is 0 Å². The van der Waals surface area contributed by atoms with Crippen LogP contribution in [0.3, 0.4) is 0 Å². The standard InChI is InChI=1S/C8H5F3N4/c9-8(10,11)5-3-1-2-4-6(5)12-13-7-14-15-7/h1-4,12H. The van der Waals surface area contributed by atoms with Crippen molar-refractivity contribution in [3.8, 4) is 0 Å². The maximum absolute atomic E-state index is 12.5. The van der Waals surface area contributed by atoms with E-state index < -0.39 is 11.7 Å². The summed E-state index contributed by atoms with van der Waals surface area (Å²) < 4.78 is 37.4. The number of anilines is 1. The lowest BCUT2D eigenvalue weighted by molar-refractivity contribution is -0.136. The summed E-state index contributed by atoms with van der Waals surface area (Å²) >= 11 is 0. The molecule has 0 aliphatic carbocycles. The van der Waals surface area contributed by atoms with E-state index in [0.717, 1.165) is 6.07 Å². The molecule has 0 aliphatic rings. The van der Waals surface area contributed by atoms with Gasteiger partial charge in [-0.25, -0.2) is 0 Å². The molecule has 1 N–H and O–H groups in total. The number of benzene rings is 1. The van der Waals surface area contributed by atoms with Gasteiger partial charge in [-0.3, -0.25) is 5.43 Å². The van der Waals surface area contributed by atoms with Gasteiger partial charge in [0.25, 0.3) is 0 Å². The van der Waals surface area contributed by atoms with Crippen molar-refractivity contribution in [3.63, 3.8) is 0 Å². The Morgan fingerprint density at radius 1 is 1.13 bits per heavy atom. The molecule has 1 heterocycles. The zero-order valence-corrected chi connectivity index (χ0v) is 7.28. The Bertz CT molecular complexity index is 470. The monoisotopic (exact) mass is 214 g/mol. The molecule has 0 atom stereocenters. The van der Waals surface area contributed by atoms with Crippen molar-refractivity contribution in [3.05, 3.63) is 35.4 Å². The predicted octanol–water partition coefficient (Wildman–Crippen LogP) is 1.30. The average Bonchev–Trinajstić information content (AvgIpc) is 2.97. The molecule has 2 aromatic rings. The van der Waals surface area contributed by atoms with Gasteiger partial charge in [-0.1, -0.05) is 12.1 Å². The molecule has 4 nitrogen and oxygen atoms in total. The number of halogens is 3. The third-order valence-electron chi connectivity index (χ3n) is 1.70. The fourth-order valence-electron chi connectivity index (χ4n) is 1.01. The van der Waals surface area contributed by atoms with Gasteiger partial charge in [-0.05, 0) is 12.1 Å². The minimum Gasteiger partial charge on any atom is -0.274 e. The van der Waals surface area contributed by atoms with Crippen LogP contribution in [-0.2, 0) is 6.18 Å². The molecule has 0 spiro atoms. The van der Waals surface area contributed by atoms with Crippen LogP contribution in [-0.4, -0.2) is 10.2 Å². The summed E-state index contributed by atoms with van der Waals surface area (Å²) in [4.78, 5) is 0. The van der Waals surface area contributed by atoms with Crippen molar-refractivity contribution >= 4 is 5.69 Å². The van der Waals surface area contributed by atoms with Gasteiger partial charge >= 0.3 is 11.8 Å². The molecule has 7 heteroatoms. The Morgan fingerprint density at radius 2 is 1.80 bits per heavy atom. The topological polar surface area (TPSA) is 50.2 Å². The first kappa shape index (κ1) is 9.63. The summed E-state index contributed by atoms with van der Waals surface area (Å²) in [6.07, 6.45) is -4.40. The maximum atomic E-state index is 12.5. The lowest BCUT2D eigenvalue weighted by atomic mass is 10.2. The SMILES string of the molecule is FC(F)(F)c1ccccc1NN=c1nn1. The quantitative estimate of drug-likeness (QED) is 0.766. The van der Waals surface area contributed by atoms with E-state index in [1.165, 1.54) is 18.2 Å². The zero-order valence-electron chi connectivity index (χ0n) is 7.28. The molecule has 0 saturated heterocycles. The van der Waals surface area contributed by atoms with Gasteiger partial charge in [0.15, 0.2) is 0 Å². The minimum absolute atomic E-state index is 0.116. The Balaban J connectivity index is 2.30. The van der Waals surface area contributed by atoms with Crippen molar-refractivity contribution in [2.75, 3.05) is 5.43 Å². The number of para-hydroxylation sites is 1. The van der Waals surface area contributed by atoms with E-state index in [1.54, 1.807) is 0 Å². The van der Waals surface area contributed by atoms with E-state index in [-0.39, 0.29) is 11.3 Å². The first-order valence-corrected chi connectivity index (χ1v) is 3.99. The predicted molar refractivity (Wildman–Crippen MR) is 45.0 cm³/mol. The van der Waals surface area contributed by atoms with E-state index in [1.807, 2.05) is 0 Å². The third kappa shape index (κ3) is 2.30. The number of hydrogen-bond donors (Lipinski definition) is 1. The van der Waals surface area contributed by atoms with Gasteiger partial charge in [0.05, 0.1) is 11.3 Å². The molecular formula is C8H5F3N4. The number of aromatic nitrogens is 2. The van der Waals surface area contributed by atoms with Crippen molar-refractivity contribution in [1.82, 2.24) is 10.2 Å².